The summed E-state index contributed by atoms with van der Waals surface area (Å²) < 4.78 is 0.130. The summed E-state index contributed by atoms with van der Waals surface area (Å²) in [5.41, 5.74) is 33.7. The van der Waals surface area contributed by atoms with Crippen molar-refractivity contribution in [2.45, 2.75) is 314 Å². The van der Waals surface area contributed by atoms with E-state index in [0.717, 1.165) is 100 Å². The topological polar surface area (TPSA) is 12.0 Å². The van der Waals surface area contributed by atoms with Gasteiger partial charge in [-0.25, -0.2) is 0 Å². The Morgan fingerprint density at radius 1 is 0.161 bits per heavy atom. The van der Waals surface area contributed by atoms with E-state index < -0.39 is 0 Å². The van der Waals surface area contributed by atoms with E-state index in [0.29, 0.717) is 0 Å². The van der Waals surface area contributed by atoms with Crippen LogP contribution in [0.2, 0.25) is 0 Å². The van der Waals surface area contributed by atoms with Gasteiger partial charge in [-0.15, -0.1) is 0 Å². The van der Waals surface area contributed by atoms with Gasteiger partial charge in [0.2, 0.25) is 0 Å². The van der Waals surface area contributed by atoms with Crippen LogP contribution in [0, 0.1) is 0 Å². The van der Waals surface area contributed by atoms with Crippen LogP contribution in [0.3, 0.4) is 0 Å². The van der Waals surface area contributed by atoms with Crippen molar-refractivity contribution in [3.63, 3.8) is 0 Å². The predicted octanol–water partition coefficient (Wildman–Crippen LogP) is 36.6. The van der Waals surface area contributed by atoms with Gasteiger partial charge in [-0.3, -0.25) is 0 Å². The second-order valence-corrected chi connectivity index (χ2v) is 49.1. The van der Waals surface area contributed by atoms with Crippen LogP contribution in [-0.4, -0.2) is 0 Å². The molecule has 0 radical (unpaired) electrons. The highest BCUT2D eigenvalue weighted by Crippen LogP contribution is 2.62. The van der Waals surface area contributed by atoms with E-state index in [9.17, 15) is 0 Å². The maximum absolute atomic E-state index is 4.46. The van der Waals surface area contributed by atoms with Gasteiger partial charge >= 0.3 is 0 Å². The Labute approximate surface area is 750 Å². The highest BCUT2D eigenvalue weighted by atomic mass is 15.4. The van der Waals surface area contributed by atoms with Gasteiger partial charge < -0.3 is 5.32 Å². The van der Waals surface area contributed by atoms with Crippen LogP contribution in [0.4, 0.5) is 34.1 Å². The molecule has 0 amide bonds. The summed E-state index contributed by atoms with van der Waals surface area (Å²) in [5, 5.41) is 8.96. The van der Waals surface area contributed by atoms with E-state index >= 15 is 0 Å². The molecule has 0 unspecified atom stereocenters. The number of nitrogens with zero attached hydrogens (tertiary/aromatic N) is 1. The zero-order valence-electron chi connectivity index (χ0n) is 83.0. The first-order chi connectivity index (χ1) is 56.9. The molecule has 124 heavy (non-hydrogen) atoms. The average molecular weight is 1640 g/mol. The Hall–Kier alpha value is -9.86. The Balaban J connectivity index is 1.44. The largest absolute Gasteiger partial charge is 0.354 e. The van der Waals surface area contributed by atoms with Gasteiger partial charge in [-0.1, -0.05) is 413 Å². The molecule has 0 saturated carbocycles. The van der Waals surface area contributed by atoms with E-state index in [2.05, 4.69) is 497 Å². The molecule has 0 aromatic heterocycles. The van der Waals surface area contributed by atoms with Crippen molar-refractivity contribution in [3.05, 3.63) is 309 Å². The van der Waals surface area contributed by atoms with E-state index in [1.807, 2.05) is 0 Å². The lowest BCUT2D eigenvalue weighted by Gasteiger charge is -2.41. The molecule has 2 heteroatoms. The van der Waals surface area contributed by atoms with Crippen LogP contribution in [0.1, 0.15) is 316 Å². The number of fused-ring (bicyclic) bond motifs is 2. The van der Waals surface area contributed by atoms with Gasteiger partial charge in [0.15, 0.2) is 5.69 Å². The fraction of sp³-hybridized carbons (Fsp3) is 0.393. The van der Waals surface area contributed by atoms with Gasteiger partial charge in [0.05, 0.1) is 5.69 Å². The second kappa shape index (κ2) is 31.9. The Morgan fingerprint density at radius 3 is 0.637 bits per heavy atom. The molecule has 2 nitrogen and oxygen atoms in total. The minimum atomic E-state index is -0.330. The first-order valence-corrected chi connectivity index (χ1v) is 46.0. The first kappa shape index (κ1) is 91.8. The lowest BCUT2D eigenvalue weighted by Crippen LogP contribution is -2.35. The van der Waals surface area contributed by atoms with Crippen molar-refractivity contribution in [2.24, 2.45) is 0 Å². The third-order valence-electron chi connectivity index (χ3n) is 26.2. The van der Waals surface area contributed by atoms with E-state index in [4.69, 9.17) is 0 Å². The van der Waals surface area contributed by atoms with Crippen LogP contribution < -0.4 is 9.80 Å². The molecule has 0 atom stereocenters. The molecule has 13 aromatic carbocycles. The van der Waals surface area contributed by atoms with Gasteiger partial charge in [-0.05, 0) is 241 Å². The molecule has 646 valence electrons. The molecule has 0 aliphatic carbocycles. The standard InChI is InChI=1S/C122H149N2/c1-111(2,3)89-53-85(54-90(67-89)112(4,5)6)81-51-82(86-55-91(113(7,8)9)68-92(56-86)114(10,11)12)62-102(61-81)124(104-75-99(121(31,32)33)72-100(76-104)122(34,35)36,103-63-83(87-57-93(115(13,14)15)69-94(58-87)116(16,17)18)52-84(64-103)88-59-95(117(19,20)21)70-96(60-88)118(22,23)24)110-106-50-48-79(77-43-39-37-40-44-77)65-107(106)109(105-49-47-80(66-108(105)110)78-45-41-38-42-46-78)123-101-73-97(119(25,26)27)71-98(74-101)120(28,29)30/h37-76,123H,1-36H3/q+1. The summed E-state index contributed by atoms with van der Waals surface area (Å²) in [7, 11) is 0. The van der Waals surface area contributed by atoms with Crippen LogP contribution in [-0.2, 0) is 65.0 Å². The van der Waals surface area contributed by atoms with Crippen molar-refractivity contribution in [2.75, 3.05) is 5.32 Å². The van der Waals surface area contributed by atoms with Crippen molar-refractivity contribution in [1.29, 1.82) is 0 Å². The second-order valence-electron chi connectivity index (χ2n) is 49.1. The van der Waals surface area contributed by atoms with E-state index in [-0.39, 0.29) is 69.5 Å². The smallest absolute Gasteiger partial charge is 0.164 e. The maximum Gasteiger partial charge on any atom is 0.164 e. The fourth-order valence-corrected chi connectivity index (χ4v) is 17.5. The molecule has 0 saturated heterocycles. The quantitative estimate of drug-likeness (QED) is 0.0950. The molecule has 13 rings (SSSR count). The molecule has 0 aliphatic rings. The highest BCUT2D eigenvalue weighted by Gasteiger charge is 2.47. The average Bonchev–Trinajstić information content (AvgIpc) is 0.687. The minimum absolute atomic E-state index is 0.130. The van der Waals surface area contributed by atoms with Crippen LogP contribution in [0.15, 0.2) is 243 Å². The molecule has 0 fully saturated rings. The number of hydrogen-bond donors (Lipinski definition) is 1. The van der Waals surface area contributed by atoms with Crippen molar-refractivity contribution in [1.82, 2.24) is 4.48 Å². The molecule has 0 aliphatic heterocycles. The number of hydrogen-bond acceptors (Lipinski definition) is 1. The lowest BCUT2D eigenvalue weighted by molar-refractivity contribution is 0.564. The summed E-state index contributed by atoms with van der Waals surface area (Å²) in [6, 6.07) is 98.7. The molecular formula is C122H149N2+. The third kappa shape index (κ3) is 19.3. The highest BCUT2D eigenvalue weighted by molar-refractivity contribution is 6.23. The Morgan fingerprint density at radius 2 is 0.379 bits per heavy atom. The monoisotopic (exact) mass is 1640 g/mol. The van der Waals surface area contributed by atoms with E-state index in [1.165, 1.54) is 89.0 Å². The summed E-state index contributed by atoms with van der Waals surface area (Å²) >= 11 is 0. The summed E-state index contributed by atoms with van der Waals surface area (Å²) in [6.07, 6.45) is 0. The lowest BCUT2D eigenvalue weighted by atomic mass is 9.77. The van der Waals surface area contributed by atoms with Crippen molar-refractivity contribution in [3.8, 4) is 66.8 Å². The van der Waals surface area contributed by atoms with Crippen LogP contribution in [0.25, 0.3) is 88.3 Å². The number of nitrogens with one attached hydrogen (secondary N) is 1. The van der Waals surface area contributed by atoms with Gasteiger partial charge in [0.25, 0.3) is 0 Å². The zero-order chi connectivity index (χ0) is 91.1. The molecule has 0 bridgehead atoms. The predicted molar refractivity (Wildman–Crippen MR) is 548 cm³/mol. The molecule has 0 spiro atoms. The van der Waals surface area contributed by atoms with E-state index in [1.54, 1.807) is 0 Å². The van der Waals surface area contributed by atoms with Crippen LogP contribution >= 0.6 is 0 Å². The number of anilines is 2. The van der Waals surface area contributed by atoms with Crippen molar-refractivity contribution < 1.29 is 0 Å². The van der Waals surface area contributed by atoms with Gasteiger partial charge in [0, 0.05) is 63.6 Å². The number of quaternary nitrogens is 1. The summed E-state index contributed by atoms with van der Waals surface area (Å²) in [6.45, 7) is 86.2. The summed E-state index contributed by atoms with van der Waals surface area (Å²) in [4.78, 5) is 0. The normalized spacial score (nSPS) is 13.5. The SMILES string of the molecule is CC(C)(C)c1cc(Nc2c3cc(-c4ccccc4)ccc3c([N+](c3cc(-c4cc(C(C)(C)C)cc(C(C)(C)C)c4)cc(-c4cc(C(C)(C)C)cc(C(C)(C)C)c4)c3)(c3cc(-c4cc(C(C)(C)C)cc(C(C)(C)C)c4)cc(-c4cc(C(C)(C)C)cc(C(C)(C)C)c4)c3)c3cc(C(C)(C)C)cc(C(C)(C)C)c3)c3cc(-c4ccccc4)ccc23)cc(C(C)(C)C)c1. The van der Waals surface area contributed by atoms with Crippen molar-refractivity contribution >= 4 is 55.7 Å². The molecule has 13 aromatic rings. The first-order valence-electron chi connectivity index (χ1n) is 46.0. The van der Waals surface area contributed by atoms with Crippen LogP contribution in [0.5, 0.6) is 0 Å². The number of rotatable bonds is 12. The maximum atomic E-state index is 4.46. The minimum Gasteiger partial charge on any atom is -0.354 e. The Bertz CT molecular complexity index is 5620. The van der Waals surface area contributed by atoms with Gasteiger partial charge in [0.1, 0.15) is 17.1 Å². The number of benzene rings is 13. The fourth-order valence-electron chi connectivity index (χ4n) is 17.5. The van der Waals surface area contributed by atoms with Gasteiger partial charge in [-0.2, -0.15) is 4.48 Å². The molecule has 1 N–H and O–H groups in total. The third-order valence-corrected chi connectivity index (χ3v) is 26.2. The summed E-state index contributed by atoms with van der Waals surface area (Å²) in [5.74, 6) is 0. The zero-order valence-corrected chi connectivity index (χ0v) is 83.0. The molecule has 0 heterocycles. The molecular weight excluding hydrogens is 1490 g/mol. The Kier molecular flexibility index (Phi) is 23.6.